The van der Waals surface area contributed by atoms with Gasteiger partial charge in [-0.05, 0) is 34.9 Å². The van der Waals surface area contributed by atoms with Crippen molar-refractivity contribution in [2.45, 2.75) is 26.8 Å². The molecule has 104 valence electrons. The van der Waals surface area contributed by atoms with Crippen molar-refractivity contribution in [1.82, 2.24) is 15.2 Å². The molecule has 0 aliphatic rings. The Hall–Kier alpha value is -0.490. The number of likely N-dealkylation sites (N-methyl/N-ethyl adjacent to an activating group) is 1. The topological polar surface area (TPSA) is 37.4 Å². The highest BCUT2D eigenvalue weighted by atomic mass is 32.1. The van der Waals surface area contributed by atoms with Gasteiger partial charge in [0.2, 0.25) is 0 Å². The van der Waals surface area contributed by atoms with Gasteiger partial charge >= 0.3 is 0 Å². The molecular weight excluding hydrogens is 246 g/mol. The van der Waals surface area contributed by atoms with Crippen LogP contribution in [-0.4, -0.2) is 50.3 Å². The van der Waals surface area contributed by atoms with Gasteiger partial charge < -0.3 is 15.0 Å². The molecule has 1 heterocycles. The van der Waals surface area contributed by atoms with E-state index in [1.54, 1.807) is 11.3 Å². The van der Waals surface area contributed by atoms with E-state index in [1.807, 2.05) is 0 Å². The van der Waals surface area contributed by atoms with Gasteiger partial charge in [0.15, 0.2) is 0 Å². The number of hydrogen-bond acceptors (Lipinski definition) is 5. The second kappa shape index (κ2) is 7.84. The molecule has 0 bridgehead atoms. The molecule has 5 heteroatoms. The minimum Gasteiger partial charge on any atom is -0.379 e. The molecule has 1 N–H and O–H groups in total. The molecule has 0 aromatic carbocycles. The molecule has 0 amide bonds. The summed E-state index contributed by atoms with van der Waals surface area (Å²) in [6.07, 6.45) is 0. The summed E-state index contributed by atoms with van der Waals surface area (Å²) in [6, 6.07) is 0.299. The van der Waals surface area contributed by atoms with Gasteiger partial charge in [-0.2, -0.15) is 0 Å². The number of nitrogens with zero attached hydrogens (tertiary/aromatic N) is 2. The van der Waals surface area contributed by atoms with Gasteiger partial charge in [0.25, 0.3) is 0 Å². The monoisotopic (exact) mass is 271 g/mol. The zero-order valence-electron chi connectivity index (χ0n) is 12.1. The number of thiazole rings is 1. The Bertz CT molecular complexity index is 352. The number of aromatic nitrogens is 1. The maximum atomic E-state index is 5.54. The molecule has 4 nitrogen and oxygen atoms in total. The standard InChI is InChI=1S/C13H25N3OS/c1-10(13-11(2)18-12(3)15-13)14-6-8-17-9-7-16(4)5/h10,14H,6-9H2,1-5H3. The van der Waals surface area contributed by atoms with Crippen LogP contribution in [0, 0.1) is 13.8 Å². The van der Waals surface area contributed by atoms with Crippen molar-refractivity contribution in [3.63, 3.8) is 0 Å². The molecule has 1 aromatic heterocycles. The molecule has 1 aromatic rings. The van der Waals surface area contributed by atoms with Crippen LogP contribution in [0.4, 0.5) is 0 Å². The van der Waals surface area contributed by atoms with Gasteiger partial charge in [0.1, 0.15) is 0 Å². The van der Waals surface area contributed by atoms with Crippen LogP contribution in [0.25, 0.3) is 0 Å². The van der Waals surface area contributed by atoms with Crippen LogP contribution < -0.4 is 5.32 Å². The zero-order chi connectivity index (χ0) is 13.5. The highest BCUT2D eigenvalue weighted by Gasteiger charge is 2.11. The first-order chi connectivity index (χ1) is 8.50. The minimum absolute atomic E-state index is 0.299. The normalized spacial score (nSPS) is 13.2. The molecule has 1 unspecified atom stereocenters. The fraction of sp³-hybridized carbons (Fsp3) is 0.769. The number of ether oxygens (including phenoxy) is 1. The summed E-state index contributed by atoms with van der Waals surface area (Å²) in [5, 5.41) is 4.58. The van der Waals surface area contributed by atoms with Gasteiger partial charge in [-0.3, -0.25) is 0 Å². The Morgan fingerprint density at radius 3 is 2.61 bits per heavy atom. The number of rotatable bonds is 8. The van der Waals surface area contributed by atoms with E-state index in [4.69, 9.17) is 4.74 Å². The van der Waals surface area contributed by atoms with Crippen LogP contribution >= 0.6 is 11.3 Å². The summed E-state index contributed by atoms with van der Waals surface area (Å²) >= 11 is 1.76. The van der Waals surface area contributed by atoms with E-state index in [9.17, 15) is 0 Å². The predicted molar refractivity (Wildman–Crippen MR) is 77.4 cm³/mol. The fourth-order valence-corrected chi connectivity index (χ4v) is 2.65. The Morgan fingerprint density at radius 2 is 2.06 bits per heavy atom. The lowest BCUT2D eigenvalue weighted by Crippen LogP contribution is -2.25. The van der Waals surface area contributed by atoms with E-state index >= 15 is 0 Å². The van der Waals surface area contributed by atoms with Gasteiger partial charge in [0, 0.05) is 24.0 Å². The molecule has 1 rings (SSSR count). The summed E-state index contributed by atoms with van der Waals surface area (Å²) < 4.78 is 5.54. The van der Waals surface area contributed by atoms with Crippen molar-refractivity contribution >= 4 is 11.3 Å². The highest BCUT2D eigenvalue weighted by molar-refractivity contribution is 7.11. The molecule has 0 saturated carbocycles. The van der Waals surface area contributed by atoms with Crippen LogP contribution in [0.1, 0.15) is 28.5 Å². The van der Waals surface area contributed by atoms with Crippen molar-refractivity contribution in [3.8, 4) is 0 Å². The summed E-state index contributed by atoms with van der Waals surface area (Å²) in [4.78, 5) is 7.99. The Morgan fingerprint density at radius 1 is 1.33 bits per heavy atom. The van der Waals surface area contributed by atoms with E-state index in [0.29, 0.717) is 6.04 Å². The smallest absolute Gasteiger partial charge is 0.0900 e. The van der Waals surface area contributed by atoms with Crippen LogP contribution in [0.15, 0.2) is 0 Å². The predicted octanol–water partition coefficient (Wildman–Crippen LogP) is 1.99. The molecule has 18 heavy (non-hydrogen) atoms. The largest absolute Gasteiger partial charge is 0.379 e. The van der Waals surface area contributed by atoms with Crippen molar-refractivity contribution in [2.75, 3.05) is 40.4 Å². The maximum Gasteiger partial charge on any atom is 0.0900 e. The molecule has 0 spiro atoms. The fourth-order valence-electron chi connectivity index (χ4n) is 1.74. The molecule has 0 saturated heterocycles. The quantitative estimate of drug-likeness (QED) is 0.734. The van der Waals surface area contributed by atoms with Gasteiger partial charge in [-0.1, -0.05) is 0 Å². The van der Waals surface area contributed by atoms with Crippen LogP contribution in [-0.2, 0) is 4.74 Å². The Kier molecular flexibility index (Phi) is 6.78. The summed E-state index contributed by atoms with van der Waals surface area (Å²) in [7, 11) is 4.11. The van der Waals surface area contributed by atoms with Crippen LogP contribution in [0.3, 0.4) is 0 Å². The molecule has 0 radical (unpaired) electrons. The van der Waals surface area contributed by atoms with Crippen molar-refractivity contribution < 1.29 is 4.74 Å². The third kappa shape index (κ3) is 5.44. The number of nitrogens with one attached hydrogen (secondary N) is 1. The lowest BCUT2D eigenvalue weighted by Gasteiger charge is -2.13. The third-order valence-corrected chi connectivity index (χ3v) is 3.63. The SMILES string of the molecule is Cc1nc(C(C)NCCOCCN(C)C)c(C)s1. The second-order valence-corrected chi connectivity index (χ2v) is 6.17. The second-order valence-electron chi connectivity index (χ2n) is 4.77. The molecular formula is C13H25N3OS. The van der Waals surface area contributed by atoms with Crippen LogP contribution in [0.5, 0.6) is 0 Å². The van der Waals surface area contributed by atoms with Crippen molar-refractivity contribution in [2.24, 2.45) is 0 Å². The lowest BCUT2D eigenvalue weighted by atomic mass is 10.2. The van der Waals surface area contributed by atoms with E-state index in [1.165, 1.54) is 10.6 Å². The number of hydrogen-bond donors (Lipinski definition) is 1. The van der Waals surface area contributed by atoms with Crippen molar-refractivity contribution in [3.05, 3.63) is 15.6 Å². The molecule has 1 atom stereocenters. The van der Waals surface area contributed by atoms with Gasteiger partial charge in [-0.15, -0.1) is 11.3 Å². The average Bonchev–Trinajstić information content (AvgIpc) is 2.62. The van der Waals surface area contributed by atoms with Gasteiger partial charge in [0.05, 0.1) is 23.9 Å². The van der Waals surface area contributed by atoms with Crippen molar-refractivity contribution in [1.29, 1.82) is 0 Å². The first-order valence-corrected chi connectivity index (χ1v) is 7.22. The summed E-state index contributed by atoms with van der Waals surface area (Å²) in [6.45, 7) is 9.72. The van der Waals surface area contributed by atoms with E-state index in [2.05, 4.69) is 50.1 Å². The van der Waals surface area contributed by atoms with Gasteiger partial charge in [-0.25, -0.2) is 4.98 Å². The zero-order valence-corrected chi connectivity index (χ0v) is 12.9. The van der Waals surface area contributed by atoms with Crippen LogP contribution in [0.2, 0.25) is 0 Å². The first kappa shape index (κ1) is 15.6. The average molecular weight is 271 g/mol. The summed E-state index contributed by atoms with van der Waals surface area (Å²) in [5.41, 5.74) is 1.17. The molecule has 0 fully saturated rings. The first-order valence-electron chi connectivity index (χ1n) is 6.40. The van der Waals surface area contributed by atoms with E-state index < -0.39 is 0 Å². The summed E-state index contributed by atoms with van der Waals surface area (Å²) in [5.74, 6) is 0. The molecule has 0 aliphatic carbocycles. The Balaban J connectivity index is 2.17. The number of aryl methyl sites for hydroxylation is 2. The van der Waals surface area contributed by atoms with E-state index in [-0.39, 0.29) is 0 Å². The minimum atomic E-state index is 0.299. The maximum absolute atomic E-state index is 5.54. The molecule has 0 aliphatic heterocycles. The lowest BCUT2D eigenvalue weighted by molar-refractivity contribution is 0.118. The third-order valence-electron chi connectivity index (χ3n) is 2.73. The van der Waals surface area contributed by atoms with E-state index in [0.717, 1.165) is 31.3 Å². The highest BCUT2D eigenvalue weighted by Crippen LogP contribution is 2.21. The Labute approximate surface area is 114 Å².